The highest BCUT2D eigenvalue weighted by Crippen LogP contribution is 2.12. The first kappa shape index (κ1) is 12.2. The van der Waals surface area contributed by atoms with Gasteiger partial charge in [0, 0.05) is 6.07 Å². The number of nitrogens with zero attached hydrogens (tertiary/aromatic N) is 2. The summed E-state index contributed by atoms with van der Waals surface area (Å²) in [4.78, 5) is 0.955. The number of anilines is 1. The Bertz CT molecular complexity index is 334. The number of nitrogens with one attached hydrogen (secondary N) is 2. The lowest BCUT2D eigenvalue weighted by molar-refractivity contribution is 0.399. The molecule has 0 amide bonds. The molecule has 0 saturated heterocycles. The van der Waals surface area contributed by atoms with Gasteiger partial charge in [-0.15, -0.1) is 12.4 Å². The normalized spacial score (nSPS) is 8.93. The van der Waals surface area contributed by atoms with Crippen molar-refractivity contribution in [3.05, 3.63) is 11.8 Å². The third kappa shape index (κ3) is 2.36. The molecule has 0 saturated carbocycles. The molecule has 0 aliphatic carbocycles. The number of hydrogen-bond acceptors (Lipinski definition) is 4. The molecule has 0 aromatic carbocycles. The summed E-state index contributed by atoms with van der Waals surface area (Å²) in [6.45, 7) is 1.69. The molecule has 1 rings (SSSR count). The van der Waals surface area contributed by atoms with Crippen molar-refractivity contribution >= 4 is 30.1 Å². The van der Waals surface area contributed by atoms with Gasteiger partial charge in [0.15, 0.2) is 5.82 Å². The van der Waals surface area contributed by atoms with Gasteiger partial charge in [-0.25, -0.2) is 4.90 Å². The van der Waals surface area contributed by atoms with Crippen molar-refractivity contribution in [2.75, 3.05) is 4.90 Å². The summed E-state index contributed by atoms with van der Waals surface area (Å²) in [5, 5.41) is 17.8. The minimum absolute atomic E-state index is 0. The molecule has 1 aromatic heterocycles. The first-order chi connectivity index (χ1) is 6.02. The second-order valence-corrected chi connectivity index (χ2v) is 2.40. The molecule has 0 unspecified atom stereocenters. The minimum Gasteiger partial charge on any atom is -0.369 e. The number of nitrogens with two attached hydrogens (primary N) is 2. The average molecular weight is 219 g/mol. The quantitative estimate of drug-likeness (QED) is 0.389. The van der Waals surface area contributed by atoms with Crippen LogP contribution in [-0.4, -0.2) is 17.1 Å². The lowest BCUT2D eigenvalue weighted by Gasteiger charge is -2.15. The van der Waals surface area contributed by atoms with Crippen molar-refractivity contribution in [2.24, 2.45) is 11.5 Å². The van der Waals surface area contributed by atoms with Crippen LogP contribution in [0, 0.1) is 17.7 Å². The molecule has 0 fully saturated rings. The van der Waals surface area contributed by atoms with Gasteiger partial charge in [-0.05, 0) is 6.92 Å². The van der Waals surface area contributed by atoms with Gasteiger partial charge >= 0.3 is 0 Å². The van der Waals surface area contributed by atoms with Gasteiger partial charge in [-0.3, -0.25) is 10.8 Å². The van der Waals surface area contributed by atoms with Crippen LogP contribution in [0.2, 0.25) is 0 Å². The average Bonchev–Trinajstić information content (AvgIpc) is 2.34. The van der Waals surface area contributed by atoms with Crippen molar-refractivity contribution in [3.63, 3.8) is 0 Å². The van der Waals surface area contributed by atoms with E-state index in [-0.39, 0.29) is 30.1 Å². The summed E-state index contributed by atoms with van der Waals surface area (Å²) in [5.41, 5.74) is 10.4. The molecule has 14 heavy (non-hydrogen) atoms. The number of rotatable bonds is 1. The Balaban J connectivity index is 0.00000169. The molecule has 8 heteroatoms. The summed E-state index contributed by atoms with van der Waals surface area (Å²) < 4.78 is 4.75. The molecule has 0 radical (unpaired) electrons. The van der Waals surface area contributed by atoms with Gasteiger partial charge in [0.1, 0.15) is 5.76 Å². The van der Waals surface area contributed by atoms with Crippen LogP contribution >= 0.6 is 12.4 Å². The number of aryl methyl sites for hydroxylation is 1. The highest BCUT2D eigenvalue weighted by atomic mass is 35.5. The fraction of sp³-hybridized carbons (Fsp3) is 0.167. The van der Waals surface area contributed by atoms with Crippen LogP contribution in [0.5, 0.6) is 0 Å². The number of halogens is 1. The van der Waals surface area contributed by atoms with Crippen molar-refractivity contribution < 1.29 is 4.52 Å². The van der Waals surface area contributed by atoms with E-state index >= 15 is 0 Å². The number of hydrogen-bond donors (Lipinski definition) is 4. The second kappa shape index (κ2) is 4.47. The zero-order valence-corrected chi connectivity index (χ0v) is 8.26. The third-order valence-electron chi connectivity index (χ3n) is 1.33. The first-order valence-corrected chi connectivity index (χ1v) is 3.44. The maximum atomic E-state index is 7.13. The van der Waals surface area contributed by atoms with E-state index in [9.17, 15) is 0 Å². The van der Waals surface area contributed by atoms with E-state index in [1.165, 1.54) is 6.07 Å². The SMILES string of the molecule is Cc1cc(N(C(=N)N)C(=N)N)no1.Cl. The zero-order chi connectivity index (χ0) is 10.0. The van der Waals surface area contributed by atoms with Gasteiger partial charge in [0.25, 0.3) is 0 Å². The van der Waals surface area contributed by atoms with E-state index in [2.05, 4.69) is 5.16 Å². The van der Waals surface area contributed by atoms with Gasteiger partial charge < -0.3 is 16.0 Å². The maximum absolute atomic E-state index is 7.13. The van der Waals surface area contributed by atoms with Crippen LogP contribution in [0.15, 0.2) is 10.6 Å². The topological polar surface area (TPSA) is 129 Å². The van der Waals surface area contributed by atoms with Crippen LogP contribution in [-0.2, 0) is 0 Å². The van der Waals surface area contributed by atoms with Crippen LogP contribution in [0.25, 0.3) is 0 Å². The number of guanidine groups is 2. The predicted molar refractivity (Wildman–Crippen MR) is 54.8 cm³/mol. The highest BCUT2D eigenvalue weighted by molar-refractivity contribution is 6.13. The van der Waals surface area contributed by atoms with E-state index in [0.29, 0.717) is 5.76 Å². The molecule has 0 atom stereocenters. The lowest BCUT2D eigenvalue weighted by Crippen LogP contribution is -2.45. The minimum atomic E-state index is -0.374. The van der Waals surface area contributed by atoms with Crippen LogP contribution in [0.3, 0.4) is 0 Å². The molecule has 1 heterocycles. The van der Waals surface area contributed by atoms with E-state index in [1.807, 2.05) is 0 Å². The molecule has 78 valence electrons. The van der Waals surface area contributed by atoms with Crippen molar-refractivity contribution in [1.29, 1.82) is 10.8 Å². The Morgan fingerprint density at radius 2 is 1.93 bits per heavy atom. The van der Waals surface area contributed by atoms with Gasteiger partial charge in [-0.2, -0.15) is 0 Å². The monoisotopic (exact) mass is 218 g/mol. The Hall–Kier alpha value is -1.76. The summed E-state index contributed by atoms with van der Waals surface area (Å²) >= 11 is 0. The molecule has 0 aliphatic heterocycles. The van der Waals surface area contributed by atoms with Crippen molar-refractivity contribution in [1.82, 2.24) is 5.16 Å². The fourth-order valence-corrected chi connectivity index (χ4v) is 0.835. The third-order valence-corrected chi connectivity index (χ3v) is 1.33. The molecular weight excluding hydrogens is 208 g/mol. The summed E-state index contributed by atoms with van der Waals surface area (Å²) in [7, 11) is 0. The molecule has 1 aromatic rings. The lowest BCUT2D eigenvalue weighted by atomic mass is 10.4. The Morgan fingerprint density at radius 1 is 1.43 bits per heavy atom. The smallest absolute Gasteiger partial charge is 0.201 e. The fourth-order valence-electron chi connectivity index (χ4n) is 0.835. The molecule has 0 aliphatic rings. The standard InChI is InChI=1S/C6H10N6O.ClH/c1-3-2-4(11-13-3)12(5(7)8)6(9)10;/h2H,1H3,(H3,7,8)(H3,9,10);1H. The molecule has 7 nitrogen and oxygen atoms in total. The zero-order valence-electron chi connectivity index (χ0n) is 7.44. The summed E-state index contributed by atoms with van der Waals surface area (Å²) in [6.07, 6.45) is 0. The highest BCUT2D eigenvalue weighted by Gasteiger charge is 2.16. The second-order valence-electron chi connectivity index (χ2n) is 2.40. The van der Waals surface area contributed by atoms with Crippen molar-refractivity contribution in [3.8, 4) is 0 Å². The predicted octanol–water partition coefficient (Wildman–Crippen LogP) is -0.00184. The summed E-state index contributed by atoms with van der Waals surface area (Å²) in [6, 6.07) is 1.53. The summed E-state index contributed by atoms with van der Waals surface area (Å²) in [5.74, 6) is 0.0431. The Kier molecular flexibility index (Phi) is 3.91. The van der Waals surface area contributed by atoms with Gasteiger partial charge in [0.05, 0.1) is 0 Å². The largest absolute Gasteiger partial charge is 0.369 e. The molecule has 0 bridgehead atoms. The molecular formula is C6H11ClN6O. The van der Waals surface area contributed by atoms with Crippen molar-refractivity contribution in [2.45, 2.75) is 6.92 Å². The Labute approximate surface area is 86.5 Å². The van der Waals surface area contributed by atoms with Crippen LogP contribution < -0.4 is 16.4 Å². The molecule has 6 N–H and O–H groups in total. The van der Waals surface area contributed by atoms with E-state index in [0.717, 1.165) is 4.90 Å². The van der Waals surface area contributed by atoms with E-state index in [1.54, 1.807) is 6.92 Å². The molecule has 0 spiro atoms. The van der Waals surface area contributed by atoms with Crippen LogP contribution in [0.1, 0.15) is 5.76 Å². The van der Waals surface area contributed by atoms with E-state index in [4.69, 9.17) is 26.8 Å². The maximum Gasteiger partial charge on any atom is 0.201 e. The number of aromatic nitrogens is 1. The van der Waals surface area contributed by atoms with Gasteiger partial charge in [0.2, 0.25) is 11.9 Å². The van der Waals surface area contributed by atoms with E-state index < -0.39 is 0 Å². The van der Waals surface area contributed by atoms with Gasteiger partial charge in [-0.1, -0.05) is 5.16 Å². The Morgan fingerprint density at radius 3 is 2.21 bits per heavy atom. The van der Waals surface area contributed by atoms with Crippen LogP contribution in [0.4, 0.5) is 5.82 Å². The first-order valence-electron chi connectivity index (χ1n) is 3.44.